The monoisotopic (exact) mass is 454 g/mol. The van der Waals surface area contributed by atoms with E-state index in [4.69, 9.17) is 11.2 Å². The van der Waals surface area contributed by atoms with E-state index in [0.29, 0.717) is 10.6 Å². The molecule has 0 aliphatic carbocycles. The first kappa shape index (κ1) is 19.7. The third-order valence-electron chi connectivity index (χ3n) is 6.35. The van der Waals surface area contributed by atoms with Gasteiger partial charge < -0.3 is 0 Å². The molecule has 6 aromatic rings. The van der Waals surface area contributed by atoms with E-state index < -0.39 is 6.41 Å². The topological polar surface area (TPSA) is 40.5 Å². The molecular weight excluding hydrogens is 435 g/mol. The second kappa shape index (κ2) is 6.75. The third kappa shape index (κ3) is 2.78. The normalized spacial score (nSPS) is 13.5. The van der Waals surface area contributed by atoms with E-state index in [1.807, 2.05) is 109 Å². The summed E-state index contributed by atoms with van der Waals surface area (Å²) in [4.78, 5) is 24.2. The summed E-state index contributed by atoms with van der Waals surface area (Å²) in [7, 11) is 0. The summed E-state index contributed by atoms with van der Waals surface area (Å²) in [6, 6.07) is 35.2. The van der Waals surface area contributed by atoms with Crippen LogP contribution in [0.4, 0.5) is 0 Å². The Labute approximate surface area is 190 Å². The van der Waals surface area contributed by atoms with Crippen LogP contribution in [-0.2, 0) is 0 Å². The molecule has 32 heavy (non-hydrogen) atoms. The Bertz CT molecular complexity index is 1560. The van der Waals surface area contributed by atoms with Crippen LogP contribution in [0, 0.1) is 0 Å². The number of rotatable bonds is 2. The van der Waals surface area contributed by atoms with Gasteiger partial charge in [-0.3, -0.25) is 0 Å². The SMILES string of the molecule is OP(O)(Cl)(c1cc2ccccc2c2ccccc12)c1cc2ccccc2c2ccccc12. The Morgan fingerprint density at radius 3 is 1.16 bits per heavy atom. The molecule has 0 saturated heterocycles. The van der Waals surface area contributed by atoms with Crippen molar-refractivity contribution in [2.24, 2.45) is 0 Å². The zero-order valence-electron chi connectivity index (χ0n) is 17.1. The molecule has 0 spiro atoms. The maximum atomic E-state index is 12.1. The van der Waals surface area contributed by atoms with Gasteiger partial charge in [-0.25, -0.2) is 0 Å². The van der Waals surface area contributed by atoms with Crippen molar-refractivity contribution >= 4 is 71.3 Å². The molecule has 6 rings (SSSR count). The first-order valence-electron chi connectivity index (χ1n) is 10.5. The molecule has 0 atom stereocenters. The van der Waals surface area contributed by atoms with Gasteiger partial charge in [-0.2, -0.15) is 0 Å². The Morgan fingerprint density at radius 1 is 0.438 bits per heavy atom. The van der Waals surface area contributed by atoms with Crippen molar-refractivity contribution in [3.05, 3.63) is 109 Å². The first-order chi connectivity index (χ1) is 15.4. The van der Waals surface area contributed by atoms with Crippen molar-refractivity contribution in [1.82, 2.24) is 0 Å². The summed E-state index contributed by atoms with van der Waals surface area (Å²) in [6.07, 6.45) is -5.05. The predicted octanol–water partition coefficient (Wildman–Crippen LogP) is 6.77. The number of fused-ring (bicyclic) bond motifs is 6. The molecule has 0 amide bonds. The van der Waals surface area contributed by atoms with Crippen molar-refractivity contribution in [2.45, 2.75) is 0 Å². The number of hydrogen-bond acceptors (Lipinski definition) is 2. The Hall–Kier alpha value is -3.00. The van der Waals surface area contributed by atoms with Crippen LogP contribution in [0.1, 0.15) is 0 Å². The summed E-state index contributed by atoms with van der Waals surface area (Å²) in [6.45, 7) is 0. The van der Waals surface area contributed by atoms with Crippen molar-refractivity contribution in [3.63, 3.8) is 0 Å². The summed E-state index contributed by atoms with van der Waals surface area (Å²) < 4.78 is 0. The van der Waals surface area contributed by atoms with E-state index in [0.717, 1.165) is 43.1 Å². The maximum absolute atomic E-state index is 12.1. The molecule has 0 bridgehead atoms. The van der Waals surface area contributed by atoms with E-state index in [2.05, 4.69) is 0 Å². The predicted molar refractivity (Wildman–Crippen MR) is 139 cm³/mol. The minimum absolute atomic E-state index is 0.368. The molecule has 0 aliphatic heterocycles. The summed E-state index contributed by atoms with van der Waals surface area (Å²) in [5.41, 5.74) is 0. The average Bonchev–Trinajstić information content (AvgIpc) is 2.83. The number of hydrogen-bond donors (Lipinski definition) is 2. The van der Waals surface area contributed by atoms with Crippen LogP contribution in [0.2, 0.25) is 0 Å². The van der Waals surface area contributed by atoms with E-state index in [1.165, 1.54) is 0 Å². The van der Waals surface area contributed by atoms with Gasteiger partial charge in [0.1, 0.15) is 0 Å². The molecule has 0 unspecified atom stereocenters. The molecule has 0 aromatic heterocycles. The van der Waals surface area contributed by atoms with Gasteiger partial charge in [-0.05, 0) is 0 Å². The fraction of sp³-hybridized carbons (Fsp3) is 0. The Morgan fingerprint density at radius 2 is 0.750 bits per heavy atom. The van der Waals surface area contributed by atoms with E-state index in [1.54, 1.807) is 0 Å². The number of benzene rings is 6. The average molecular weight is 455 g/mol. The van der Waals surface area contributed by atoms with Crippen LogP contribution in [0.3, 0.4) is 0 Å². The van der Waals surface area contributed by atoms with E-state index in [9.17, 15) is 9.79 Å². The van der Waals surface area contributed by atoms with Gasteiger partial charge in [-0.1, -0.05) is 0 Å². The van der Waals surface area contributed by atoms with Gasteiger partial charge in [0.2, 0.25) is 0 Å². The number of halogens is 1. The summed E-state index contributed by atoms with van der Waals surface area (Å²) >= 11 is 7.04. The van der Waals surface area contributed by atoms with Gasteiger partial charge in [0.15, 0.2) is 0 Å². The van der Waals surface area contributed by atoms with E-state index in [-0.39, 0.29) is 0 Å². The van der Waals surface area contributed by atoms with Crippen LogP contribution >= 0.6 is 17.7 Å². The quantitative estimate of drug-likeness (QED) is 0.224. The van der Waals surface area contributed by atoms with Gasteiger partial charge in [0, 0.05) is 0 Å². The van der Waals surface area contributed by atoms with Crippen molar-refractivity contribution in [2.75, 3.05) is 0 Å². The van der Waals surface area contributed by atoms with Gasteiger partial charge in [0.05, 0.1) is 0 Å². The molecule has 2 N–H and O–H groups in total. The first-order valence-corrected chi connectivity index (χ1v) is 13.5. The standard InChI is InChI=1S/C28H20ClO2P/c29-32(30,31,27-17-19-9-1-3-11-21(19)23-13-5-7-15-25(23)27)28-18-20-10-2-4-12-22(20)24-14-6-8-16-26(24)28/h1-18,30-31H. The minimum atomic E-state index is -5.05. The molecule has 4 heteroatoms. The van der Waals surface area contributed by atoms with Gasteiger partial charge >= 0.3 is 190 Å². The Balaban J connectivity index is 1.79. The molecular formula is C28H20ClO2P. The zero-order valence-corrected chi connectivity index (χ0v) is 18.8. The Kier molecular flexibility index (Phi) is 4.15. The van der Waals surface area contributed by atoms with Crippen LogP contribution in [0.5, 0.6) is 0 Å². The van der Waals surface area contributed by atoms with Crippen LogP contribution in [0.25, 0.3) is 43.1 Å². The molecule has 6 aromatic carbocycles. The third-order valence-corrected chi connectivity index (χ3v) is 9.89. The van der Waals surface area contributed by atoms with Crippen LogP contribution in [0.15, 0.2) is 109 Å². The van der Waals surface area contributed by atoms with Crippen molar-refractivity contribution in [3.8, 4) is 0 Å². The zero-order chi connectivity index (χ0) is 21.9. The van der Waals surface area contributed by atoms with Gasteiger partial charge in [0.25, 0.3) is 0 Å². The molecule has 0 saturated carbocycles. The van der Waals surface area contributed by atoms with Gasteiger partial charge in [-0.15, -0.1) is 0 Å². The molecule has 156 valence electrons. The van der Waals surface area contributed by atoms with E-state index >= 15 is 0 Å². The molecule has 2 nitrogen and oxygen atoms in total. The molecule has 0 aliphatic rings. The fourth-order valence-corrected chi connectivity index (χ4v) is 7.93. The second-order valence-electron chi connectivity index (χ2n) is 8.25. The van der Waals surface area contributed by atoms with Crippen LogP contribution in [-0.4, -0.2) is 9.79 Å². The van der Waals surface area contributed by atoms with Crippen molar-refractivity contribution in [1.29, 1.82) is 0 Å². The summed E-state index contributed by atoms with van der Waals surface area (Å²) in [5.74, 6) is 0. The molecule has 0 heterocycles. The second-order valence-corrected chi connectivity index (χ2v) is 13.0. The fourth-order valence-electron chi connectivity index (χ4n) is 4.85. The van der Waals surface area contributed by atoms with Crippen LogP contribution < -0.4 is 10.6 Å². The summed E-state index contributed by atoms with van der Waals surface area (Å²) in [5, 5.41) is 8.08. The molecule has 0 radical (unpaired) electrons. The molecule has 0 fully saturated rings. The van der Waals surface area contributed by atoms with Crippen molar-refractivity contribution < 1.29 is 9.79 Å².